The maximum atomic E-state index is 12.9. The van der Waals surface area contributed by atoms with Gasteiger partial charge in [0.15, 0.2) is 0 Å². The van der Waals surface area contributed by atoms with E-state index in [9.17, 15) is 26.4 Å². The number of rotatable bonds is 9. The molecule has 4 N–H and O–H groups in total. The number of fused-ring (bicyclic) bond motifs is 4. The van der Waals surface area contributed by atoms with Crippen molar-refractivity contribution in [3.05, 3.63) is 130 Å². The minimum atomic E-state index is -3.94. The molecule has 1 fully saturated rings. The van der Waals surface area contributed by atoms with Crippen molar-refractivity contribution < 1.29 is 35.2 Å². The summed E-state index contributed by atoms with van der Waals surface area (Å²) in [6.45, 7) is 2.55. The molecule has 7 rings (SSSR count). The van der Waals surface area contributed by atoms with Crippen molar-refractivity contribution in [2.75, 3.05) is 47.5 Å². The molecule has 0 atom stereocenters. The fourth-order valence-electron chi connectivity index (χ4n) is 5.99. The molecule has 14 heteroatoms. The van der Waals surface area contributed by atoms with Crippen molar-refractivity contribution in [1.29, 1.82) is 0 Å². The van der Waals surface area contributed by atoms with Crippen molar-refractivity contribution in [1.82, 2.24) is 5.32 Å². The first-order valence-corrected chi connectivity index (χ1v) is 21.3. The Balaban J connectivity index is 0.000000187. The van der Waals surface area contributed by atoms with Crippen molar-refractivity contribution >= 4 is 43.4 Å². The summed E-state index contributed by atoms with van der Waals surface area (Å²) in [5, 5.41) is 3.05. The van der Waals surface area contributed by atoms with E-state index in [4.69, 9.17) is 10.3 Å². The lowest BCUT2D eigenvalue weighted by Gasteiger charge is -2.26. The summed E-state index contributed by atoms with van der Waals surface area (Å²) >= 11 is 0. The highest BCUT2D eigenvalue weighted by Gasteiger charge is 2.22. The highest BCUT2D eigenvalue weighted by molar-refractivity contribution is 7.86. The third-order valence-corrected chi connectivity index (χ3v) is 10.9. The van der Waals surface area contributed by atoms with Gasteiger partial charge >= 0.3 is 0 Å². The third-order valence-electron chi connectivity index (χ3n) is 8.78. The second kappa shape index (κ2) is 20.0. The number of nitrogens with one attached hydrogen (secondary N) is 1. The van der Waals surface area contributed by atoms with Crippen molar-refractivity contribution in [3.8, 4) is 23.7 Å². The van der Waals surface area contributed by atoms with Crippen LogP contribution < -0.4 is 20.9 Å². The molecule has 12 nitrogen and oxygen atoms in total. The molecule has 3 aliphatic heterocycles. The van der Waals surface area contributed by atoms with E-state index in [1.54, 1.807) is 9.80 Å². The first kappa shape index (κ1) is 41.8. The summed E-state index contributed by atoms with van der Waals surface area (Å²) in [4.78, 5) is 28.9. The van der Waals surface area contributed by atoms with E-state index in [-0.39, 0.29) is 29.7 Å². The number of carbonyl (C=O) groups excluding carboxylic acids is 2. The Labute approximate surface area is 328 Å². The molecule has 3 aliphatic rings. The first-order chi connectivity index (χ1) is 26.9. The molecular weight excluding hydrogens is 753 g/mol. The molecule has 3 heterocycles. The van der Waals surface area contributed by atoms with Crippen LogP contribution in [0.5, 0.6) is 0 Å². The summed E-state index contributed by atoms with van der Waals surface area (Å²) in [7, 11) is -6.99. The number of hydrogen-bond donors (Lipinski definition) is 3. The topological polar surface area (TPSA) is 176 Å². The van der Waals surface area contributed by atoms with Crippen LogP contribution in [-0.4, -0.2) is 70.9 Å². The van der Waals surface area contributed by atoms with Gasteiger partial charge in [0.2, 0.25) is 11.8 Å². The van der Waals surface area contributed by atoms with Crippen LogP contribution in [0.25, 0.3) is 0 Å². The average Bonchev–Trinajstić information content (AvgIpc) is 3.58. The van der Waals surface area contributed by atoms with E-state index in [0.29, 0.717) is 58.6 Å². The Morgan fingerprint density at radius 3 is 1.62 bits per heavy atom. The number of para-hydroxylation sites is 2. The molecule has 56 heavy (non-hydrogen) atoms. The summed E-state index contributed by atoms with van der Waals surface area (Å²) in [6.07, 6.45) is 1.56. The van der Waals surface area contributed by atoms with Crippen LogP contribution in [0.2, 0.25) is 0 Å². The normalized spacial score (nSPS) is 14.5. The SMILES string of the molecule is NCCC(=O)N1Cc2ccccc2C#Cc2ccccc21.O=C(CCNCCCS(=O)(=O)O)N1Cc2ccccc2C#Cc2ccccc21.O=S1(=O)CCCO1. The smallest absolute Gasteiger partial charge is 0.267 e. The second-order valence-corrected chi connectivity index (χ2v) is 16.3. The monoisotopic (exact) mass is 796 g/mol. The number of hydrogen-bond acceptors (Lipinski definition) is 9. The Hall–Kier alpha value is -5.32. The molecule has 292 valence electrons. The van der Waals surface area contributed by atoms with Gasteiger partial charge in [-0.2, -0.15) is 16.8 Å². The van der Waals surface area contributed by atoms with Crippen LogP contribution in [-0.2, 0) is 47.1 Å². The molecule has 0 radical (unpaired) electrons. The van der Waals surface area contributed by atoms with Gasteiger partial charge in [0.05, 0.1) is 42.6 Å². The second-order valence-electron chi connectivity index (χ2n) is 12.9. The number of amides is 2. The van der Waals surface area contributed by atoms with Gasteiger partial charge in [-0.15, -0.1) is 0 Å². The minimum Gasteiger partial charge on any atom is -0.330 e. The zero-order chi connectivity index (χ0) is 40.0. The number of nitrogens with two attached hydrogens (primary N) is 1. The highest BCUT2D eigenvalue weighted by Crippen LogP contribution is 2.27. The van der Waals surface area contributed by atoms with Crippen molar-refractivity contribution in [3.63, 3.8) is 0 Å². The van der Waals surface area contributed by atoms with Gasteiger partial charge in [-0.1, -0.05) is 84.3 Å². The predicted octanol–water partition coefficient (Wildman–Crippen LogP) is 4.21. The van der Waals surface area contributed by atoms with Crippen LogP contribution >= 0.6 is 0 Å². The molecular formula is C42H44N4O8S2. The molecule has 1 saturated heterocycles. The Morgan fingerprint density at radius 1 is 0.714 bits per heavy atom. The van der Waals surface area contributed by atoms with E-state index in [0.717, 1.165) is 44.8 Å². The molecule has 0 saturated carbocycles. The van der Waals surface area contributed by atoms with Crippen LogP contribution in [0.4, 0.5) is 11.4 Å². The zero-order valence-electron chi connectivity index (χ0n) is 30.8. The van der Waals surface area contributed by atoms with E-state index < -0.39 is 20.2 Å². The molecule has 4 aromatic carbocycles. The average molecular weight is 797 g/mol. The largest absolute Gasteiger partial charge is 0.330 e. The van der Waals surface area contributed by atoms with Gasteiger partial charge in [-0.3, -0.25) is 18.3 Å². The molecule has 0 bridgehead atoms. The standard InChI is InChI=1S/C21H22N2O4S.C18H16N2O.C3H6O3S/c24-21(12-14-22-13-5-15-28(25,26)27)23-16-19-8-2-1-6-17(19)10-11-18-7-3-4-9-20(18)23;19-12-11-18(21)20-13-16-7-2-1-5-14(16)9-10-15-6-3-4-8-17(15)20;4-7(5)3-1-2-6-7/h1-4,6-9,22H,5,12-16H2,(H,25,26,27);1-8H,11-13,19H2;1-3H2. The van der Waals surface area contributed by atoms with E-state index >= 15 is 0 Å². The van der Waals surface area contributed by atoms with E-state index in [2.05, 4.69) is 33.2 Å². The predicted molar refractivity (Wildman–Crippen MR) is 217 cm³/mol. The number of benzene rings is 4. The highest BCUT2D eigenvalue weighted by atomic mass is 32.2. The van der Waals surface area contributed by atoms with Crippen LogP contribution in [0.15, 0.2) is 97.1 Å². The van der Waals surface area contributed by atoms with E-state index in [1.807, 2.05) is 97.1 Å². The Kier molecular flexibility index (Phi) is 15.0. The fraction of sp³-hybridized carbons (Fsp3) is 0.286. The lowest BCUT2D eigenvalue weighted by Crippen LogP contribution is -2.34. The minimum absolute atomic E-state index is 0.0310. The van der Waals surface area contributed by atoms with Gasteiger partial charge in [0, 0.05) is 48.2 Å². The maximum Gasteiger partial charge on any atom is 0.267 e. The molecule has 4 aromatic rings. The van der Waals surface area contributed by atoms with Crippen molar-refractivity contribution in [2.45, 2.75) is 38.8 Å². The number of nitrogens with zero attached hydrogens (tertiary/aromatic N) is 2. The summed E-state index contributed by atoms with van der Waals surface area (Å²) in [5.74, 6) is 12.6. The Morgan fingerprint density at radius 2 is 1.18 bits per heavy atom. The lowest BCUT2D eigenvalue weighted by molar-refractivity contribution is -0.119. The molecule has 0 aromatic heterocycles. The fourth-order valence-corrected chi connectivity index (χ4v) is 7.46. The van der Waals surface area contributed by atoms with Crippen molar-refractivity contribution in [2.24, 2.45) is 5.73 Å². The van der Waals surface area contributed by atoms with Gasteiger partial charge in [0.25, 0.3) is 20.2 Å². The first-order valence-electron chi connectivity index (χ1n) is 18.2. The van der Waals surface area contributed by atoms with Gasteiger partial charge < -0.3 is 20.9 Å². The zero-order valence-corrected chi connectivity index (χ0v) is 32.4. The van der Waals surface area contributed by atoms with Gasteiger partial charge in [-0.05, 0) is 66.9 Å². The molecule has 0 unspecified atom stereocenters. The summed E-state index contributed by atoms with van der Waals surface area (Å²) < 4.78 is 54.9. The maximum absolute atomic E-state index is 12.9. The Bertz CT molecular complexity index is 2370. The summed E-state index contributed by atoms with van der Waals surface area (Å²) in [5.41, 5.74) is 12.8. The number of carbonyl (C=O) groups is 2. The van der Waals surface area contributed by atoms with E-state index in [1.165, 1.54) is 0 Å². The lowest BCUT2D eigenvalue weighted by atomic mass is 10.0. The molecule has 2 amide bonds. The van der Waals surface area contributed by atoms with Crippen LogP contribution in [0, 0.1) is 23.7 Å². The molecule has 0 spiro atoms. The summed E-state index contributed by atoms with van der Waals surface area (Å²) in [6, 6.07) is 31.1. The number of anilines is 2. The van der Waals surface area contributed by atoms with Gasteiger partial charge in [0.1, 0.15) is 0 Å². The van der Waals surface area contributed by atoms with Crippen LogP contribution in [0.1, 0.15) is 59.1 Å². The van der Waals surface area contributed by atoms with Crippen LogP contribution in [0.3, 0.4) is 0 Å². The van der Waals surface area contributed by atoms with Gasteiger partial charge in [-0.25, -0.2) is 0 Å². The molecule has 0 aliphatic carbocycles. The third kappa shape index (κ3) is 12.3. The quantitative estimate of drug-likeness (QED) is 0.0963.